The number of sulfonamides is 1. The van der Waals surface area contributed by atoms with E-state index in [1.165, 1.54) is 24.3 Å². The fraction of sp³-hybridized carbons (Fsp3) is 0.176. The molecule has 1 heterocycles. The van der Waals surface area contributed by atoms with Gasteiger partial charge in [0.25, 0.3) is 0 Å². The van der Waals surface area contributed by atoms with Crippen LogP contribution >= 0.6 is 0 Å². The average Bonchev–Trinajstić information content (AvgIpc) is 3.06. The first kappa shape index (κ1) is 17.0. The highest BCUT2D eigenvalue weighted by Gasteiger charge is 2.30. The number of carbonyl (C=O) groups is 1. The van der Waals surface area contributed by atoms with E-state index in [1.54, 1.807) is 0 Å². The van der Waals surface area contributed by atoms with Crippen LogP contribution in [0.25, 0.3) is 0 Å². The molecule has 1 atom stereocenters. The van der Waals surface area contributed by atoms with Crippen molar-refractivity contribution in [3.05, 3.63) is 60.2 Å². The van der Waals surface area contributed by atoms with Crippen molar-refractivity contribution in [2.75, 3.05) is 11.0 Å². The van der Waals surface area contributed by atoms with E-state index in [1.807, 2.05) is 30.3 Å². The van der Waals surface area contributed by atoms with Gasteiger partial charge in [0.15, 0.2) is 0 Å². The third kappa shape index (κ3) is 4.57. The fourth-order valence-electron chi connectivity index (χ4n) is 2.29. The zero-order valence-corrected chi connectivity index (χ0v) is 14.2. The van der Waals surface area contributed by atoms with Gasteiger partial charge in [-0.25, -0.2) is 13.2 Å². The van der Waals surface area contributed by atoms with E-state index in [0.717, 1.165) is 11.8 Å². The van der Waals surface area contributed by atoms with Crippen LogP contribution in [0, 0.1) is 0 Å². The number of rotatable bonds is 5. The second-order valence-electron chi connectivity index (χ2n) is 5.52. The van der Waals surface area contributed by atoms with Crippen molar-refractivity contribution in [1.29, 1.82) is 0 Å². The molecule has 0 aliphatic carbocycles. The summed E-state index contributed by atoms with van der Waals surface area (Å²) >= 11 is 0. The van der Waals surface area contributed by atoms with Crippen LogP contribution in [0.2, 0.25) is 0 Å². The van der Waals surface area contributed by atoms with Gasteiger partial charge >= 0.3 is 5.97 Å². The van der Waals surface area contributed by atoms with Gasteiger partial charge < -0.3 is 9.57 Å². The number of hydrogen-bond acceptors (Lipinski definition) is 6. The van der Waals surface area contributed by atoms with Gasteiger partial charge in [-0.15, -0.1) is 0 Å². The molecule has 0 radical (unpaired) electrons. The maximum Gasteiger partial charge on any atom is 0.356 e. The fourth-order valence-corrected chi connectivity index (χ4v) is 2.86. The van der Waals surface area contributed by atoms with Crippen LogP contribution in [0.3, 0.4) is 0 Å². The van der Waals surface area contributed by atoms with Gasteiger partial charge in [-0.1, -0.05) is 35.5 Å². The highest BCUT2D eigenvalue weighted by atomic mass is 32.2. The Hall–Kier alpha value is -2.87. The van der Waals surface area contributed by atoms with Crippen LogP contribution < -0.4 is 9.46 Å². The van der Waals surface area contributed by atoms with Crippen molar-refractivity contribution in [1.82, 2.24) is 0 Å². The first-order valence-corrected chi connectivity index (χ1v) is 9.37. The Bertz CT molecular complexity index is 892. The molecule has 8 heteroatoms. The van der Waals surface area contributed by atoms with E-state index in [0.29, 0.717) is 23.6 Å². The summed E-state index contributed by atoms with van der Waals surface area (Å²) in [5.74, 6) is -0.265. The number of ether oxygens (including phenoxy) is 1. The summed E-state index contributed by atoms with van der Waals surface area (Å²) in [5.41, 5.74) is 1.97. The van der Waals surface area contributed by atoms with Crippen LogP contribution in [0.1, 0.15) is 12.0 Å². The summed E-state index contributed by atoms with van der Waals surface area (Å²) in [6.45, 7) is 0. The molecular formula is C17H16N2O5S. The minimum Gasteiger partial charge on any atom is -0.424 e. The first-order valence-electron chi connectivity index (χ1n) is 7.48. The van der Waals surface area contributed by atoms with Crippen LogP contribution in [-0.2, 0) is 19.7 Å². The van der Waals surface area contributed by atoms with Crippen molar-refractivity contribution >= 4 is 27.4 Å². The number of hydrogen-bond donors (Lipinski definition) is 1. The minimum absolute atomic E-state index is 0.292. The van der Waals surface area contributed by atoms with E-state index in [-0.39, 0.29) is 0 Å². The lowest BCUT2D eigenvalue weighted by Crippen LogP contribution is -2.26. The molecule has 130 valence electrons. The molecule has 0 saturated carbocycles. The van der Waals surface area contributed by atoms with Crippen LogP contribution in [0.5, 0.6) is 5.75 Å². The molecule has 2 aromatic rings. The largest absolute Gasteiger partial charge is 0.424 e. The predicted octanol–water partition coefficient (Wildman–Crippen LogP) is 2.16. The molecule has 0 amide bonds. The number of oxime groups is 1. The number of benzene rings is 2. The number of esters is 1. The van der Waals surface area contributed by atoms with E-state index in [2.05, 4.69) is 9.88 Å². The quantitative estimate of drug-likeness (QED) is 0.651. The topological polar surface area (TPSA) is 94.1 Å². The van der Waals surface area contributed by atoms with Gasteiger partial charge in [-0.2, -0.15) is 0 Å². The Morgan fingerprint density at radius 2 is 1.84 bits per heavy atom. The highest BCUT2D eigenvalue weighted by molar-refractivity contribution is 7.92. The van der Waals surface area contributed by atoms with Crippen molar-refractivity contribution in [3.63, 3.8) is 0 Å². The van der Waals surface area contributed by atoms with Gasteiger partial charge in [-0.05, 0) is 29.8 Å². The van der Waals surface area contributed by atoms with E-state index < -0.39 is 22.1 Å². The van der Waals surface area contributed by atoms with Gasteiger partial charge in [0, 0.05) is 12.1 Å². The molecule has 1 aliphatic heterocycles. The third-order valence-electron chi connectivity index (χ3n) is 3.41. The van der Waals surface area contributed by atoms with E-state index in [9.17, 15) is 13.2 Å². The summed E-state index contributed by atoms with van der Waals surface area (Å²) < 4.78 is 29.9. The number of nitrogens with one attached hydrogen (secondary N) is 1. The van der Waals surface area contributed by atoms with Crippen LogP contribution in [0.4, 0.5) is 5.69 Å². The monoisotopic (exact) mass is 360 g/mol. The van der Waals surface area contributed by atoms with Gasteiger partial charge in [0.2, 0.25) is 16.1 Å². The summed E-state index contributed by atoms with van der Waals surface area (Å²) in [6, 6.07) is 15.5. The zero-order chi connectivity index (χ0) is 17.9. The molecule has 0 bridgehead atoms. The number of anilines is 1. The molecule has 1 N–H and O–H groups in total. The molecule has 25 heavy (non-hydrogen) atoms. The van der Waals surface area contributed by atoms with Gasteiger partial charge in [0.05, 0.1) is 12.0 Å². The third-order valence-corrected chi connectivity index (χ3v) is 4.02. The Labute approximate surface area is 145 Å². The molecule has 7 nitrogen and oxygen atoms in total. The second-order valence-corrected chi connectivity index (χ2v) is 7.27. The van der Waals surface area contributed by atoms with E-state index >= 15 is 0 Å². The number of nitrogens with zero attached hydrogens (tertiary/aromatic N) is 1. The SMILES string of the molecule is CS(=O)(=O)Nc1ccc(OC(=O)C2CC(c3ccccc3)=NO2)cc1. The average molecular weight is 360 g/mol. The van der Waals surface area contributed by atoms with Crippen molar-refractivity contribution in [2.24, 2.45) is 5.16 Å². The minimum atomic E-state index is -3.35. The summed E-state index contributed by atoms with van der Waals surface area (Å²) in [4.78, 5) is 17.3. The normalized spacial score (nSPS) is 16.7. The van der Waals surface area contributed by atoms with Gasteiger partial charge in [0.1, 0.15) is 5.75 Å². The maximum absolute atomic E-state index is 12.2. The lowest BCUT2D eigenvalue weighted by Gasteiger charge is -2.09. The molecular weight excluding hydrogens is 344 g/mol. The van der Waals surface area contributed by atoms with Crippen LogP contribution in [0.15, 0.2) is 59.8 Å². The Balaban J connectivity index is 1.58. The van der Waals surface area contributed by atoms with E-state index in [4.69, 9.17) is 9.57 Å². The molecule has 3 rings (SSSR count). The number of carbonyl (C=O) groups excluding carboxylic acids is 1. The maximum atomic E-state index is 12.2. The standard InChI is InChI=1S/C17H16N2O5S/c1-25(21,22)19-13-7-9-14(10-8-13)23-17(20)16-11-15(18-24-16)12-5-3-2-4-6-12/h2-10,16,19H,11H2,1H3. The summed E-state index contributed by atoms with van der Waals surface area (Å²) in [5, 5.41) is 3.94. The zero-order valence-electron chi connectivity index (χ0n) is 13.4. The molecule has 0 fully saturated rings. The van der Waals surface area contributed by atoms with Gasteiger partial charge in [-0.3, -0.25) is 4.72 Å². The van der Waals surface area contributed by atoms with Crippen LogP contribution in [-0.4, -0.2) is 32.5 Å². The Morgan fingerprint density at radius 1 is 1.16 bits per heavy atom. The summed E-state index contributed by atoms with van der Waals surface area (Å²) in [7, 11) is -3.35. The first-order chi connectivity index (χ1) is 11.9. The molecule has 1 unspecified atom stereocenters. The second kappa shape index (κ2) is 6.94. The van der Waals surface area contributed by atoms with Crippen molar-refractivity contribution < 1.29 is 22.8 Å². The van der Waals surface area contributed by atoms with Crippen molar-refractivity contribution in [2.45, 2.75) is 12.5 Å². The Kier molecular flexibility index (Phi) is 4.71. The smallest absolute Gasteiger partial charge is 0.356 e. The molecule has 1 aliphatic rings. The lowest BCUT2D eigenvalue weighted by molar-refractivity contribution is -0.145. The van der Waals surface area contributed by atoms with Crippen molar-refractivity contribution in [3.8, 4) is 5.75 Å². The molecule has 2 aromatic carbocycles. The lowest BCUT2D eigenvalue weighted by atomic mass is 10.1. The molecule has 0 spiro atoms. The highest BCUT2D eigenvalue weighted by Crippen LogP contribution is 2.21. The Morgan fingerprint density at radius 3 is 2.48 bits per heavy atom. The predicted molar refractivity (Wildman–Crippen MR) is 93.0 cm³/mol. The summed E-state index contributed by atoms with van der Waals surface area (Å²) in [6.07, 6.45) is 0.586. The molecule has 0 saturated heterocycles. The molecule has 0 aromatic heterocycles.